The van der Waals surface area contributed by atoms with E-state index in [0.29, 0.717) is 22.7 Å². The molecule has 0 aliphatic rings. The van der Waals surface area contributed by atoms with Gasteiger partial charge in [-0.05, 0) is 29.8 Å². The molecule has 1 amide bonds. The van der Waals surface area contributed by atoms with E-state index in [4.69, 9.17) is 4.74 Å². The Bertz CT molecular complexity index is 932. The topological polar surface area (TPSA) is 50.4 Å². The van der Waals surface area contributed by atoms with Gasteiger partial charge in [0.1, 0.15) is 11.8 Å². The van der Waals surface area contributed by atoms with Crippen LogP contribution in [0.15, 0.2) is 72.8 Å². The van der Waals surface area contributed by atoms with Crippen molar-refractivity contribution in [3.8, 4) is 5.75 Å². The molecule has 0 fully saturated rings. The number of nitrogens with one attached hydrogen (secondary N) is 2. The van der Waals surface area contributed by atoms with Crippen LogP contribution in [0.4, 0.5) is 20.2 Å². The van der Waals surface area contributed by atoms with Crippen molar-refractivity contribution >= 4 is 17.3 Å². The minimum Gasteiger partial charge on any atom is -0.497 e. The summed E-state index contributed by atoms with van der Waals surface area (Å²) in [5, 5.41) is 5.77. The maximum absolute atomic E-state index is 13.5. The monoisotopic (exact) mass is 368 g/mol. The molecule has 1 unspecified atom stereocenters. The van der Waals surface area contributed by atoms with Gasteiger partial charge >= 0.3 is 0 Å². The van der Waals surface area contributed by atoms with E-state index in [1.54, 1.807) is 55.6 Å². The molecule has 0 aromatic heterocycles. The van der Waals surface area contributed by atoms with E-state index in [9.17, 15) is 13.6 Å². The smallest absolute Gasteiger partial charge is 0.251 e. The van der Waals surface area contributed by atoms with E-state index in [1.807, 2.05) is 6.07 Å². The normalized spacial score (nSPS) is 11.5. The van der Waals surface area contributed by atoms with Crippen LogP contribution in [-0.4, -0.2) is 13.0 Å². The molecule has 0 bridgehead atoms. The Hall–Kier alpha value is -3.41. The van der Waals surface area contributed by atoms with Gasteiger partial charge in [0, 0.05) is 23.5 Å². The van der Waals surface area contributed by atoms with Crippen LogP contribution in [0, 0.1) is 11.6 Å². The predicted octanol–water partition coefficient (Wildman–Crippen LogP) is 4.77. The summed E-state index contributed by atoms with van der Waals surface area (Å²) in [6.45, 7) is 0. The highest BCUT2D eigenvalue weighted by atomic mass is 19.2. The highest BCUT2D eigenvalue weighted by Crippen LogP contribution is 2.24. The summed E-state index contributed by atoms with van der Waals surface area (Å²) in [5.41, 5.74) is 1.54. The molecule has 3 rings (SSSR count). The fourth-order valence-corrected chi connectivity index (χ4v) is 2.61. The van der Waals surface area contributed by atoms with Gasteiger partial charge in [-0.2, -0.15) is 0 Å². The average molecular weight is 368 g/mol. The first-order valence-electron chi connectivity index (χ1n) is 8.28. The molecular formula is C21H18F2N2O2. The van der Waals surface area contributed by atoms with Crippen LogP contribution in [0.3, 0.4) is 0 Å². The zero-order chi connectivity index (χ0) is 19.2. The third-order valence-corrected chi connectivity index (χ3v) is 3.96. The van der Waals surface area contributed by atoms with E-state index in [2.05, 4.69) is 10.6 Å². The van der Waals surface area contributed by atoms with E-state index < -0.39 is 17.7 Å². The third kappa shape index (κ3) is 4.61. The van der Waals surface area contributed by atoms with Crippen molar-refractivity contribution in [3.05, 3.63) is 90.0 Å². The van der Waals surface area contributed by atoms with Gasteiger partial charge < -0.3 is 15.4 Å². The first-order chi connectivity index (χ1) is 13.1. The lowest BCUT2D eigenvalue weighted by atomic mass is 10.1. The van der Waals surface area contributed by atoms with Gasteiger partial charge in [-0.15, -0.1) is 0 Å². The second-order valence-corrected chi connectivity index (χ2v) is 5.84. The fraction of sp³-hybridized carbons (Fsp3) is 0.0952. The first kappa shape index (κ1) is 18.4. The zero-order valence-electron chi connectivity index (χ0n) is 14.6. The molecule has 4 nitrogen and oxygen atoms in total. The van der Waals surface area contributed by atoms with Gasteiger partial charge in [-0.3, -0.25) is 4.79 Å². The first-order valence-corrected chi connectivity index (χ1v) is 8.28. The molecule has 138 valence electrons. The van der Waals surface area contributed by atoms with Crippen LogP contribution in [0.25, 0.3) is 0 Å². The van der Waals surface area contributed by atoms with Crippen molar-refractivity contribution in [2.75, 3.05) is 17.7 Å². The molecular weight excluding hydrogens is 350 g/mol. The molecule has 1 atom stereocenters. The Morgan fingerprint density at radius 3 is 2.37 bits per heavy atom. The van der Waals surface area contributed by atoms with E-state index in [1.165, 1.54) is 6.07 Å². The number of benzene rings is 3. The van der Waals surface area contributed by atoms with Crippen molar-refractivity contribution < 1.29 is 18.3 Å². The van der Waals surface area contributed by atoms with Crippen LogP contribution in [0.1, 0.15) is 11.6 Å². The van der Waals surface area contributed by atoms with Crippen LogP contribution in [0.2, 0.25) is 0 Å². The van der Waals surface area contributed by atoms with Gasteiger partial charge in [-0.1, -0.05) is 36.4 Å². The van der Waals surface area contributed by atoms with E-state index in [0.717, 1.165) is 12.1 Å². The number of hydrogen-bond acceptors (Lipinski definition) is 3. The number of ether oxygens (including phenoxy) is 1. The molecule has 0 saturated heterocycles. The lowest BCUT2D eigenvalue weighted by molar-refractivity contribution is -0.117. The quantitative estimate of drug-likeness (QED) is 0.659. The maximum Gasteiger partial charge on any atom is 0.251 e. The summed E-state index contributed by atoms with van der Waals surface area (Å²) in [5.74, 6) is -1.67. The molecule has 0 aliphatic carbocycles. The Morgan fingerprint density at radius 2 is 1.67 bits per heavy atom. The minimum absolute atomic E-state index is 0.295. The summed E-state index contributed by atoms with van der Waals surface area (Å²) in [6, 6.07) is 18.6. The van der Waals surface area contributed by atoms with Gasteiger partial charge in [0.25, 0.3) is 5.91 Å². The summed E-state index contributed by atoms with van der Waals surface area (Å²) in [7, 11) is 1.54. The highest BCUT2D eigenvalue weighted by Gasteiger charge is 2.21. The molecule has 0 saturated carbocycles. The maximum atomic E-state index is 13.5. The molecule has 0 heterocycles. The van der Waals surface area contributed by atoms with Crippen LogP contribution < -0.4 is 15.4 Å². The SMILES string of the molecule is COc1cccc(NC(=O)C(Nc2ccc(F)c(F)c2)c2ccccc2)c1. The molecule has 27 heavy (non-hydrogen) atoms. The van der Waals surface area contributed by atoms with Crippen molar-refractivity contribution in [3.63, 3.8) is 0 Å². The Morgan fingerprint density at radius 1 is 0.889 bits per heavy atom. The molecule has 0 aliphatic heterocycles. The lowest BCUT2D eigenvalue weighted by Crippen LogP contribution is -2.27. The van der Waals surface area contributed by atoms with Gasteiger partial charge in [0.05, 0.1) is 7.11 Å². The number of anilines is 2. The number of amides is 1. The predicted molar refractivity (Wildman–Crippen MR) is 101 cm³/mol. The highest BCUT2D eigenvalue weighted by molar-refractivity contribution is 5.97. The van der Waals surface area contributed by atoms with Crippen LogP contribution >= 0.6 is 0 Å². The fourth-order valence-electron chi connectivity index (χ4n) is 2.61. The third-order valence-electron chi connectivity index (χ3n) is 3.96. The number of halogens is 2. The standard InChI is InChI=1S/C21H18F2N2O2/c1-27-17-9-5-8-15(12-17)25-21(26)20(14-6-3-2-4-7-14)24-16-10-11-18(22)19(23)13-16/h2-13,20,24H,1H3,(H,25,26). The molecule has 6 heteroatoms. The Labute approximate surface area is 155 Å². The number of hydrogen-bond donors (Lipinski definition) is 2. The van der Waals surface area contributed by atoms with Crippen molar-refractivity contribution in [2.24, 2.45) is 0 Å². The number of carbonyl (C=O) groups is 1. The summed E-state index contributed by atoms with van der Waals surface area (Å²) >= 11 is 0. The number of rotatable bonds is 6. The number of carbonyl (C=O) groups excluding carboxylic acids is 1. The molecule has 0 spiro atoms. The largest absolute Gasteiger partial charge is 0.497 e. The van der Waals surface area contributed by atoms with Crippen molar-refractivity contribution in [1.82, 2.24) is 0 Å². The van der Waals surface area contributed by atoms with E-state index in [-0.39, 0.29) is 5.91 Å². The van der Waals surface area contributed by atoms with Crippen molar-refractivity contribution in [1.29, 1.82) is 0 Å². The molecule has 2 N–H and O–H groups in total. The summed E-state index contributed by atoms with van der Waals surface area (Å²) in [6.07, 6.45) is 0. The minimum atomic E-state index is -0.986. The second-order valence-electron chi connectivity index (χ2n) is 5.84. The lowest BCUT2D eigenvalue weighted by Gasteiger charge is -2.20. The summed E-state index contributed by atoms with van der Waals surface area (Å²) in [4.78, 5) is 12.9. The van der Waals surface area contributed by atoms with Crippen LogP contribution in [0.5, 0.6) is 5.75 Å². The van der Waals surface area contributed by atoms with Crippen LogP contribution in [-0.2, 0) is 4.79 Å². The Kier molecular flexibility index (Phi) is 5.66. The Balaban J connectivity index is 1.87. The molecule has 0 radical (unpaired) electrons. The summed E-state index contributed by atoms with van der Waals surface area (Å²) < 4.78 is 31.9. The zero-order valence-corrected chi connectivity index (χ0v) is 14.6. The van der Waals surface area contributed by atoms with E-state index >= 15 is 0 Å². The number of methoxy groups -OCH3 is 1. The van der Waals surface area contributed by atoms with Gasteiger partial charge in [0.15, 0.2) is 11.6 Å². The second kappa shape index (κ2) is 8.31. The molecule has 3 aromatic carbocycles. The van der Waals surface area contributed by atoms with Gasteiger partial charge in [-0.25, -0.2) is 8.78 Å². The average Bonchev–Trinajstić information content (AvgIpc) is 2.69. The molecule has 3 aromatic rings. The van der Waals surface area contributed by atoms with Crippen molar-refractivity contribution in [2.45, 2.75) is 6.04 Å². The van der Waals surface area contributed by atoms with Gasteiger partial charge in [0.2, 0.25) is 0 Å².